The highest BCUT2D eigenvalue weighted by molar-refractivity contribution is 7.22. The average Bonchev–Trinajstić information content (AvgIpc) is 3.16. The van der Waals surface area contributed by atoms with Crippen LogP contribution in [0.3, 0.4) is 0 Å². The van der Waals surface area contributed by atoms with Crippen LogP contribution in [-0.4, -0.2) is 60.6 Å². The topological polar surface area (TPSA) is 54.8 Å². The summed E-state index contributed by atoms with van der Waals surface area (Å²) in [5.74, 6) is 0.293. The van der Waals surface area contributed by atoms with Crippen molar-refractivity contribution in [1.82, 2.24) is 14.4 Å². The van der Waals surface area contributed by atoms with Gasteiger partial charge in [-0.1, -0.05) is 39.0 Å². The zero-order valence-corrected chi connectivity index (χ0v) is 19.3. The van der Waals surface area contributed by atoms with E-state index in [1.165, 1.54) is 18.4 Å². The Morgan fingerprint density at radius 2 is 1.83 bits per heavy atom. The van der Waals surface area contributed by atoms with Crippen LogP contribution in [-0.2, 0) is 6.54 Å². The van der Waals surface area contributed by atoms with E-state index in [0.29, 0.717) is 29.1 Å². The third kappa shape index (κ3) is 3.96. The molecule has 0 spiro atoms. The maximum absolute atomic E-state index is 13.4. The minimum absolute atomic E-state index is 0.0940. The summed E-state index contributed by atoms with van der Waals surface area (Å²) in [6.45, 7) is 10.3. The number of hydrogen-bond donors (Lipinski definition) is 0. The second-order valence-corrected chi connectivity index (χ2v) is 8.42. The average molecular weight is 430 g/mol. The van der Waals surface area contributed by atoms with Gasteiger partial charge in [-0.15, -0.1) is 11.3 Å². The van der Waals surface area contributed by atoms with E-state index in [4.69, 9.17) is 4.74 Å². The molecule has 1 amide bonds. The van der Waals surface area contributed by atoms with Gasteiger partial charge in [0.25, 0.3) is 11.5 Å². The molecule has 6 nitrogen and oxygen atoms in total. The molecule has 3 rings (SSSR count). The first-order chi connectivity index (χ1) is 14.5. The lowest BCUT2D eigenvalue weighted by molar-refractivity contribution is 0.0781. The first kappa shape index (κ1) is 22.3. The summed E-state index contributed by atoms with van der Waals surface area (Å²) in [5.41, 5.74) is 0.804. The molecule has 0 aliphatic heterocycles. The number of carbonyl (C=O) groups excluding carboxylic acids is 1. The van der Waals surface area contributed by atoms with E-state index in [9.17, 15) is 9.59 Å². The van der Waals surface area contributed by atoms with Gasteiger partial charge in [0.1, 0.15) is 10.3 Å². The summed E-state index contributed by atoms with van der Waals surface area (Å²) >= 11 is 1.36. The smallest absolute Gasteiger partial charge is 0.267 e. The molecule has 1 aromatic carbocycles. The normalized spacial score (nSPS) is 11.5. The van der Waals surface area contributed by atoms with E-state index < -0.39 is 0 Å². The number of aromatic nitrogens is 1. The first-order valence-electron chi connectivity index (χ1n) is 10.6. The minimum atomic E-state index is -0.106. The molecule has 0 aliphatic rings. The van der Waals surface area contributed by atoms with Crippen molar-refractivity contribution in [1.29, 1.82) is 0 Å². The Morgan fingerprint density at radius 3 is 2.47 bits per heavy atom. The summed E-state index contributed by atoms with van der Waals surface area (Å²) in [4.78, 5) is 31.1. The van der Waals surface area contributed by atoms with Gasteiger partial charge in [-0.3, -0.25) is 9.59 Å². The van der Waals surface area contributed by atoms with Crippen LogP contribution in [0.15, 0.2) is 29.1 Å². The molecule has 0 aliphatic carbocycles. The predicted molar refractivity (Wildman–Crippen MR) is 125 cm³/mol. The van der Waals surface area contributed by atoms with Gasteiger partial charge in [-0.05, 0) is 25.6 Å². The second kappa shape index (κ2) is 9.62. The molecule has 2 aromatic heterocycles. The zero-order valence-electron chi connectivity index (χ0n) is 18.5. The molecule has 30 heavy (non-hydrogen) atoms. The lowest BCUT2D eigenvalue weighted by atomic mass is 10.1. The molecular weight excluding hydrogens is 398 g/mol. The van der Waals surface area contributed by atoms with E-state index in [0.717, 1.165) is 41.7 Å². The number of methoxy groups -OCH3 is 1. The van der Waals surface area contributed by atoms with Crippen molar-refractivity contribution in [3.63, 3.8) is 0 Å². The number of ether oxygens (including phenoxy) is 1. The van der Waals surface area contributed by atoms with E-state index in [1.54, 1.807) is 9.47 Å². The quantitative estimate of drug-likeness (QED) is 0.515. The number of benzene rings is 1. The van der Waals surface area contributed by atoms with Gasteiger partial charge < -0.3 is 19.1 Å². The SMILES string of the molecule is CCCn1c(=O)c2c(OC)c(C(=O)N(C)CCN(CC)CC)sc2c2ccccc21. The highest BCUT2D eigenvalue weighted by Crippen LogP contribution is 2.40. The Hall–Kier alpha value is -2.38. The van der Waals surface area contributed by atoms with E-state index in [-0.39, 0.29) is 11.5 Å². The summed E-state index contributed by atoms with van der Waals surface area (Å²) in [6.07, 6.45) is 0.849. The highest BCUT2D eigenvalue weighted by Gasteiger charge is 2.26. The molecule has 0 saturated heterocycles. The van der Waals surface area contributed by atoms with Gasteiger partial charge in [0.05, 0.1) is 17.3 Å². The van der Waals surface area contributed by atoms with Gasteiger partial charge in [-0.2, -0.15) is 0 Å². The monoisotopic (exact) mass is 429 g/mol. The van der Waals surface area contributed by atoms with Crippen molar-refractivity contribution in [3.8, 4) is 5.75 Å². The Kier molecular flexibility index (Phi) is 7.15. The van der Waals surface area contributed by atoms with E-state index in [1.807, 2.05) is 31.3 Å². The van der Waals surface area contributed by atoms with Crippen molar-refractivity contribution in [2.24, 2.45) is 0 Å². The van der Waals surface area contributed by atoms with Crippen LogP contribution < -0.4 is 10.3 Å². The standard InChI is InChI=1S/C23H31N3O3S/c1-6-13-26-17-12-10-9-11-16(17)20-18(22(26)27)19(29-5)21(30-20)23(28)24(4)14-15-25(7-2)8-3/h9-12H,6-8,13-15H2,1-5H3. The number of nitrogens with zero attached hydrogens (tertiary/aromatic N) is 3. The van der Waals surface area contributed by atoms with Crippen LogP contribution in [0.1, 0.15) is 36.9 Å². The molecule has 7 heteroatoms. The van der Waals surface area contributed by atoms with Crippen molar-refractivity contribution in [3.05, 3.63) is 39.5 Å². The summed E-state index contributed by atoms with van der Waals surface area (Å²) in [6, 6.07) is 7.89. The number of aryl methyl sites for hydroxylation is 1. The maximum atomic E-state index is 13.4. The number of fused-ring (bicyclic) bond motifs is 3. The number of hydrogen-bond acceptors (Lipinski definition) is 5. The molecule has 0 bridgehead atoms. The Labute approximate surface area is 181 Å². The van der Waals surface area contributed by atoms with Crippen molar-refractivity contribution < 1.29 is 9.53 Å². The largest absolute Gasteiger partial charge is 0.494 e. The van der Waals surface area contributed by atoms with E-state index in [2.05, 4.69) is 25.7 Å². The fourth-order valence-corrected chi connectivity index (χ4v) is 5.12. The number of pyridine rings is 1. The lowest BCUT2D eigenvalue weighted by Crippen LogP contribution is -2.36. The molecule has 0 radical (unpaired) electrons. The second-order valence-electron chi connectivity index (χ2n) is 7.40. The van der Waals surface area contributed by atoms with Gasteiger partial charge >= 0.3 is 0 Å². The van der Waals surface area contributed by atoms with Gasteiger partial charge in [0, 0.05) is 32.1 Å². The molecule has 3 aromatic rings. The Morgan fingerprint density at radius 1 is 1.13 bits per heavy atom. The van der Waals surface area contributed by atoms with Crippen LogP contribution in [0.4, 0.5) is 0 Å². The van der Waals surface area contributed by atoms with Crippen LogP contribution in [0.2, 0.25) is 0 Å². The van der Waals surface area contributed by atoms with E-state index >= 15 is 0 Å². The number of thiophene rings is 1. The summed E-state index contributed by atoms with van der Waals surface area (Å²) in [7, 11) is 3.34. The fourth-order valence-electron chi connectivity index (χ4n) is 3.83. The number of rotatable bonds is 9. The number of para-hydroxylation sites is 1. The maximum Gasteiger partial charge on any atom is 0.267 e. The lowest BCUT2D eigenvalue weighted by Gasteiger charge is -2.23. The third-order valence-corrected chi connectivity index (χ3v) is 6.79. The van der Waals surface area contributed by atoms with Crippen molar-refractivity contribution >= 4 is 38.2 Å². The number of carbonyl (C=O) groups is 1. The van der Waals surface area contributed by atoms with Gasteiger partial charge in [-0.25, -0.2) is 0 Å². The van der Waals surface area contributed by atoms with Gasteiger partial charge in [0.15, 0.2) is 5.75 Å². The van der Waals surface area contributed by atoms with Crippen molar-refractivity contribution in [2.75, 3.05) is 40.3 Å². The molecule has 0 atom stereocenters. The number of likely N-dealkylation sites (N-methyl/N-ethyl adjacent to an activating group) is 2. The van der Waals surface area contributed by atoms with Crippen LogP contribution in [0, 0.1) is 0 Å². The molecular formula is C23H31N3O3S. The fraction of sp³-hybridized carbons (Fsp3) is 0.478. The molecule has 0 saturated carbocycles. The van der Waals surface area contributed by atoms with Crippen LogP contribution in [0.5, 0.6) is 5.75 Å². The summed E-state index contributed by atoms with van der Waals surface area (Å²) in [5, 5.41) is 1.49. The molecule has 0 N–H and O–H groups in total. The van der Waals surface area contributed by atoms with Crippen LogP contribution in [0.25, 0.3) is 21.0 Å². The third-order valence-electron chi connectivity index (χ3n) is 5.60. The van der Waals surface area contributed by atoms with Crippen molar-refractivity contribution in [2.45, 2.75) is 33.7 Å². The summed E-state index contributed by atoms with van der Waals surface area (Å²) < 4.78 is 8.26. The number of amides is 1. The molecule has 162 valence electrons. The first-order valence-corrected chi connectivity index (χ1v) is 11.4. The zero-order chi connectivity index (χ0) is 21.8. The molecule has 0 unspecified atom stereocenters. The Bertz CT molecular complexity index is 1100. The molecule has 2 heterocycles. The molecule has 0 fully saturated rings. The minimum Gasteiger partial charge on any atom is -0.494 e. The predicted octanol–water partition coefficient (Wildman–Crippen LogP) is 4.05. The van der Waals surface area contributed by atoms with Gasteiger partial charge in [0.2, 0.25) is 0 Å². The highest BCUT2D eigenvalue weighted by atomic mass is 32.1. The Balaban J connectivity index is 2.13. The van der Waals surface area contributed by atoms with Crippen LogP contribution >= 0.6 is 11.3 Å².